The summed E-state index contributed by atoms with van der Waals surface area (Å²) >= 11 is 0. The average Bonchev–Trinajstić information content (AvgIpc) is 2.59. The van der Waals surface area contributed by atoms with Crippen LogP contribution in [0.25, 0.3) is 5.70 Å². The molecule has 1 aromatic rings. The number of fused-ring (bicyclic) bond motifs is 1. The summed E-state index contributed by atoms with van der Waals surface area (Å²) in [6, 6.07) is 4.10. The molecular formula is C25H31NO2. The molecule has 4 saturated carbocycles. The van der Waals surface area contributed by atoms with Gasteiger partial charge in [-0.2, -0.15) is 0 Å². The smallest absolute Gasteiger partial charge is 0.163 e. The number of benzene rings is 1. The van der Waals surface area contributed by atoms with Crippen molar-refractivity contribution in [3.05, 3.63) is 40.5 Å². The van der Waals surface area contributed by atoms with E-state index in [1.54, 1.807) is 0 Å². The number of hydrogen-bond donors (Lipinski definition) is 1. The van der Waals surface area contributed by atoms with Gasteiger partial charge in [0, 0.05) is 33.9 Å². The number of nitrogens with one attached hydrogen (secondary N) is 1. The molecule has 0 amide bonds. The van der Waals surface area contributed by atoms with E-state index in [-0.39, 0.29) is 11.0 Å². The Labute approximate surface area is 168 Å². The number of rotatable bonds is 3. The van der Waals surface area contributed by atoms with Crippen molar-refractivity contribution in [3.63, 3.8) is 0 Å². The van der Waals surface area contributed by atoms with Crippen LogP contribution in [0.15, 0.2) is 18.2 Å². The van der Waals surface area contributed by atoms with E-state index in [1.165, 1.54) is 24.8 Å². The summed E-state index contributed by atoms with van der Waals surface area (Å²) in [4.78, 5) is 25.1. The molecule has 1 aliphatic heterocycles. The standard InChI is InChI=1S/C25H31NO2/c1-15-4-19-13-24(2,3)26-22(21(19)8-20(15)14-27)9-23(28)25-10-16-5-17(11-25)7-18(6-16)12-25/h4,8-9,14,16-18,26H,5-7,10-13H2,1-3H3. The van der Waals surface area contributed by atoms with E-state index in [1.807, 2.05) is 19.1 Å². The number of allylic oxidation sites excluding steroid dienone is 1. The highest BCUT2D eigenvalue weighted by Gasteiger charge is 2.54. The normalized spacial score (nSPS) is 36.1. The topological polar surface area (TPSA) is 46.2 Å². The van der Waals surface area contributed by atoms with Crippen LogP contribution >= 0.6 is 0 Å². The van der Waals surface area contributed by atoms with Crippen LogP contribution in [0.1, 0.15) is 79.4 Å². The number of hydrogen-bond acceptors (Lipinski definition) is 3. The first-order chi connectivity index (χ1) is 13.3. The Kier molecular flexibility index (Phi) is 3.92. The fourth-order valence-electron chi connectivity index (χ4n) is 7.07. The molecule has 3 heteroatoms. The van der Waals surface area contributed by atoms with E-state index < -0.39 is 0 Å². The molecular weight excluding hydrogens is 346 g/mol. The molecule has 4 bridgehead atoms. The first-order valence-electron chi connectivity index (χ1n) is 10.9. The molecule has 28 heavy (non-hydrogen) atoms. The molecule has 4 aliphatic carbocycles. The van der Waals surface area contributed by atoms with E-state index in [4.69, 9.17) is 0 Å². The van der Waals surface area contributed by atoms with Gasteiger partial charge in [-0.25, -0.2) is 0 Å². The van der Waals surface area contributed by atoms with Crippen LogP contribution in [0.2, 0.25) is 0 Å². The zero-order valence-corrected chi connectivity index (χ0v) is 17.3. The summed E-state index contributed by atoms with van der Waals surface area (Å²) in [5.74, 6) is 2.62. The predicted molar refractivity (Wildman–Crippen MR) is 111 cm³/mol. The van der Waals surface area contributed by atoms with Crippen molar-refractivity contribution in [1.82, 2.24) is 5.32 Å². The van der Waals surface area contributed by atoms with Gasteiger partial charge in [0.1, 0.15) is 6.29 Å². The van der Waals surface area contributed by atoms with Gasteiger partial charge >= 0.3 is 0 Å². The van der Waals surface area contributed by atoms with Crippen LogP contribution in [0.4, 0.5) is 0 Å². The van der Waals surface area contributed by atoms with Gasteiger partial charge in [-0.05, 0) is 101 Å². The second-order valence-corrected chi connectivity index (χ2v) is 10.8. The van der Waals surface area contributed by atoms with Crippen LogP contribution in [0.3, 0.4) is 0 Å². The second kappa shape index (κ2) is 6.05. The van der Waals surface area contributed by atoms with Gasteiger partial charge in [-0.3, -0.25) is 9.59 Å². The van der Waals surface area contributed by atoms with Gasteiger partial charge in [-0.15, -0.1) is 0 Å². The highest BCUT2D eigenvalue weighted by molar-refractivity contribution is 6.01. The Hall–Kier alpha value is -1.90. The Balaban J connectivity index is 1.54. The molecule has 1 aromatic carbocycles. The molecule has 6 rings (SSSR count). The SMILES string of the molecule is Cc1cc2c(cc1C=O)C(=CC(=O)C13CC4CC(CC(C4)C1)C3)NC(C)(C)C2. The molecule has 0 radical (unpaired) electrons. The van der Waals surface area contributed by atoms with Crippen molar-refractivity contribution in [2.24, 2.45) is 23.2 Å². The maximum atomic E-state index is 13.6. The van der Waals surface area contributed by atoms with Crippen molar-refractivity contribution in [1.29, 1.82) is 0 Å². The predicted octanol–water partition coefficient (Wildman–Crippen LogP) is 4.86. The summed E-state index contributed by atoms with van der Waals surface area (Å²) in [5.41, 5.74) is 4.68. The molecule has 0 atom stereocenters. The average molecular weight is 378 g/mol. The fraction of sp³-hybridized carbons (Fsp3) is 0.600. The molecule has 0 spiro atoms. The van der Waals surface area contributed by atoms with Crippen molar-refractivity contribution in [2.45, 2.75) is 71.3 Å². The molecule has 0 unspecified atom stereocenters. The highest BCUT2D eigenvalue weighted by atomic mass is 16.1. The lowest BCUT2D eigenvalue weighted by Gasteiger charge is -2.55. The number of ketones is 1. The van der Waals surface area contributed by atoms with Crippen molar-refractivity contribution in [2.75, 3.05) is 0 Å². The monoisotopic (exact) mass is 377 g/mol. The fourth-order valence-corrected chi connectivity index (χ4v) is 7.07. The Bertz CT molecular complexity index is 857. The third kappa shape index (κ3) is 2.86. The summed E-state index contributed by atoms with van der Waals surface area (Å²) in [7, 11) is 0. The van der Waals surface area contributed by atoms with Gasteiger partial charge in [0.15, 0.2) is 5.78 Å². The molecule has 0 aromatic heterocycles. The molecule has 1 N–H and O–H groups in total. The maximum absolute atomic E-state index is 13.6. The van der Waals surface area contributed by atoms with E-state index in [0.29, 0.717) is 11.3 Å². The maximum Gasteiger partial charge on any atom is 0.163 e. The van der Waals surface area contributed by atoms with Crippen molar-refractivity contribution in [3.8, 4) is 0 Å². The van der Waals surface area contributed by atoms with Gasteiger partial charge in [0.25, 0.3) is 0 Å². The van der Waals surface area contributed by atoms with Crippen molar-refractivity contribution >= 4 is 17.8 Å². The molecule has 4 fully saturated rings. The van der Waals surface area contributed by atoms with Crippen LogP contribution < -0.4 is 5.32 Å². The molecule has 5 aliphatic rings. The van der Waals surface area contributed by atoms with Crippen LogP contribution in [0, 0.1) is 30.1 Å². The van der Waals surface area contributed by atoms with E-state index in [9.17, 15) is 9.59 Å². The molecule has 0 saturated heterocycles. The lowest BCUT2D eigenvalue weighted by molar-refractivity contribution is -0.138. The Morgan fingerprint density at radius 1 is 1.07 bits per heavy atom. The van der Waals surface area contributed by atoms with Gasteiger partial charge in [0.05, 0.1) is 0 Å². The lowest BCUT2D eigenvalue weighted by atomic mass is 9.48. The zero-order chi connectivity index (χ0) is 19.7. The zero-order valence-electron chi connectivity index (χ0n) is 17.3. The van der Waals surface area contributed by atoms with Crippen LogP contribution in [-0.2, 0) is 11.2 Å². The quantitative estimate of drug-likeness (QED) is 0.604. The first-order valence-corrected chi connectivity index (χ1v) is 10.9. The Morgan fingerprint density at radius 2 is 1.68 bits per heavy atom. The largest absolute Gasteiger partial charge is 0.379 e. The summed E-state index contributed by atoms with van der Waals surface area (Å²) in [5, 5.41) is 3.61. The summed E-state index contributed by atoms with van der Waals surface area (Å²) in [6.45, 7) is 6.35. The summed E-state index contributed by atoms with van der Waals surface area (Å²) in [6.07, 6.45) is 11.0. The highest BCUT2D eigenvalue weighted by Crippen LogP contribution is 2.60. The lowest BCUT2D eigenvalue weighted by Crippen LogP contribution is -2.50. The minimum absolute atomic E-state index is 0.101. The third-order valence-electron chi connectivity index (χ3n) is 7.85. The Morgan fingerprint density at radius 3 is 2.25 bits per heavy atom. The van der Waals surface area contributed by atoms with E-state index >= 15 is 0 Å². The molecule has 148 valence electrons. The van der Waals surface area contributed by atoms with Gasteiger partial charge in [0.2, 0.25) is 0 Å². The second-order valence-electron chi connectivity index (χ2n) is 10.8. The summed E-state index contributed by atoms with van der Waals surface area (Å²) < 4.78 is 0. The van der Waals surface area contributed by atoms with Gasteiger partial charge in [-0.1, -0.05) is 6.07 Å². The van der Waals surface area contributed by atoms with E-state index in [0.717, 1.165) is 66.5 Å². The molecule has 3 nitrogen and oxygen atoms in total. The van der Waals surface area contributed by atoms with Crippen LogP contribution in [-0.4, -0.2) is 17.6 Å². The third-order valence-corrected chi connectivity index (χ3v) is 7.85. The van der Waals surface area contributed by atoms with Gasteiger partial charge < -0.3 is 5.32 Å². The number of aldehydes is 1. The minimum Gasteiger partial charge on any atom is -0.379 e. The number of carbonyl (C=O) groups is 2. The van der Waals surface area contributed by atoms with Crippen LogP contribution in [0.5, 0.6) is 0 Å². The number of aryl methyl sites for hydroxylation is 1. The molecule has 1 heterocycles. The number of carbonyl (C=O) groups excluding carboxylic acids is 2. The van der Waals surface area contributed by atoms with Crippen molar-refractivity contribution < 1.29 is 9.59 Å². The minimum atomic E-state index is -0.122. The first kappa shape index (κ1) is 18.1. The van der Waals surface area contributed by atoms with E-state index in [2.05, 4.69) is 25.2 Å².